The van der Waals surface area contributed by atoms with Crippen LogP contribution >= 0.6 is 0 Å². The van der Waals surface area contributed by atoms with Crippen LogP contribution in [0.15, 0.2) is 53.4 Å². The third kappa shape index (κ3) is 4.71. The van der Waals surface area contributed by atoms with E-state index in [0.717, 1.165) is 5.69 Å². The van der Waals surface area contributed by atoms with Gasteiger partial charge < -0.3 is 20.3 Å². The number of amides is 2. The molecule has 0 aliphatic carbocycles. The van der Waals surface area contributed by atoms with Crippen molar-refractivity contribution in [3.05, 3.63) is 54.1 Å². The predicted octanol–water partition coefficient (Wildman–Crippen LogP) is 0.896. The van der Waals surface area contributed by atoms with Gasteiger partial charge in [0.2, 0.25) is 15.9 Å². The maximum atomic E-state index is 12.8. The van der Waals surface area contributed by atoms with Crippen molar-refractivity contribution in [2.45, 2.75) is 4.90 Å². The first kappa shape index (κ1) is 21.3. The maximum absolute atomic E-state index is 12.8. The van der Waals surface area contributed by atoms with E-state index in [0.29, 0.717) is 50.6 Å². The Morgan fingerprint density at radius 1 is 1.00 bits per heavy atom. The van der Waals surface area contributed by atoms with E-state index in [1.54, 1.807) is 12.1 Å². The molecular formula is C21H24N4O5S. The summed E-state index contributed by atoms with van der Waals surface area (Å²) in [6.07, 6.45) is 0. The Labute approximate surface area is 181 Å². The average Bonchev–Trinajstić information content (AvgIpc) is 2.80. The number of benzene rings is 2. The first-order valence-corrected chi connectivity index (χ1v) is 11.5. The predicted molar refractivity (Wildman–Crippen MR) is 116 cm³/mol. The smallest absolute Gasteiger partial charge is 0.255 e. The number of para-hydroxylation sites is 2. The second-order valence-electron chi connectivity index (χ2n) is 7.28. The normalized spacial score (nSPS) is 17.8. The zero-order chi connectivity index (χ0) is 21.8. The molecule has 0 saturated carbocycles. The molecule has 0 atom stereocenters. The Balaban J connectivity index is 1.49. The van der Waals surface area contributed by atoms with Crippen LogP contribution in [0.25, 0.3) is 0 Å². The molecule has 0 bridgehead atoms. The SMILES string of the molecule is O=C1CN(c2ccccc2NC(=O)c2ccc(S(=O)(=O)N3CCOCC3)cc2)CCN1. The summed E-state index contributed by atoms with van der Waals surface area (Å²) < 4.78 is 32.1. The van der Waals surface area contributed by atoms with Gasteiger partial charge in [-0.1, -0.05) is 12.1 Å². The van der Waals surface area contributed by atoms with Crippen molar-refractivity contribution in [3.8, 4) is 0 Å². The van der Waals surface area contributed by atoms with Crippen LogP contribution in [0.2, 0.25) is 0 Å². The Kier molecular flexibility index (Phi) is 6.21. The lowest BCUT2D eigenvalue weighted by Crippen LogP contribution is -2.47. The largest absolute Gasteiger partial charge is 0.379 e. The third-order valence-electron chi connectivity index (χ3n) is 5.26. The van der Waals surface area contributed by atoms with Crippen LogP contribution in [-0.2, 0) is 19.6 Å². The summed E-state index contributed by atoms with van der Waals surface area (Å²) in [4.78, 5) is 26.6. The van der Waals surface area contributed by atoms with Gasteiger partial charge in [0, 0.05) is 31.7 Å². The number of morpholine rings is 1. The first-order chi connectivity index (χ1) is 14.9. The fourth-order valence-electron chi connectivity index (χ4n) is 3.61. The van der Waals surface area contributed by atoms with Gasteiger partial charge >= 0.3 is 0 Å². The Hall–Kier alpha value is -2.95. The van der Waals surface area contributed by atoms with Gasteiger partial charge in [0.25, 0.3) is 5.91 Å². The van der Waals surface area contributed by atoms with Crippen molar-refractivity contribution in [1.82, 2.24) is 9.62 Å². The maximum Gasteiger partial charge on any atom is 0.255 e. The molecule has 10 heteroatoms. The second-order valence-corrected chi connectivity index (χ2v) is 9.22. The molecule has 4 rings (SSSR count). The molecule has 2 aromatic carbocycles. The molecule has 2 amide bonds. The molecule has 2 aliphatic heterocycles. The number of anilines is 2. The van der Waals surface area contributed by atoms with Crippen LogP contribution in [0, 0.1) is 0 Å². The van der Waals surface area contributed by atoms with Gasteiger partial charge in [0.1, 0.15) is 0 Å². The number of carbonyl (C=O) groups excluding carboxylic acids is 2. The number of hydrogen-bond acceptors (Lipinski definition) is 6. The molecule has 0 unspecified atom stereocenters. The summed E-state index contributed by atoms with van der Waals surface area (Å²) in [5.74, 6) is -0.423. The van der Waals surface area contributed by atoms with Crippen LogP contribution < -0.4 is 15.5 Å². The van der Waals surface area contributed by atoms with Crippen molar-refractivity contribution >= 4 is 33.2 Å². The Morgan fingerprint density at radius 3 is 2.42 bits per heavy atom. The number of ether oxygens (including phenoxy) is 1. The van der Waals surface area contributed by atoms with Crippen molar-refractivity contribution < 1.29 is 22.7 Å². The van der Waals surface area contributed by atoms with Gasteiger partial charge in [0.05, 0.1) is 36.0 Å². The molecule has 2 saturated heterocycles. The molecule has 9 nitrogen and oxygen atoms in total. The van der Waals surface area contributed by atoms with Crippen LogP contribution in [-0.4, -0.2) is 70.5 Å². The molecule has 2 N–H and O–H groups in total. The van der Waals surface area contributed by atoms with Crippen molar-refractivity contribution in [3.63, 3.8) is 0 Å². The van der Waals surface area contributed by atoms with Gasteiger partial charge in [-0.2, -0.15) is 4.31 Å². The summed E-state index contributed by atoms with van der Waals surface area (Å²) in [5, 5.41) is 5.65. The van der Waals surface area contributed by atoms with E-state index in [4.69, 9.17) is 4.74 Å². The van der Waals surface area contributed by atoms with Crippen molar-refractivity contribution in [1.29, 1.82) is 0 Å². The minimum Gasteiger partial charge on any atom is -0.379 e. The van der Waals surface area contributed by atoms with Crippen molar-refractivity contribution in [2.24, 2.45) is 0 Å². The fraction of sp³-hybridized carbons (Fsp3) is 0.333. The van der Waals surface area contributed by atoms with Crippen LogP contribution in [0.5, 0.6) is 0 Å². The van der Waals surface area contributed by atoms with E-state index in [1.807, 2.05) is 17.0 Å². The highest BCUT2D eigenvalue weighted by Crippen LogP contribution is 2.27. The van der Waals surface area contributed by atoms with Gasteiger partial charge in [-0.25, -0.2) is 8.42 Å². The summed E-state index contributed by atoms with van der Waals surface area (Å²) >= 11 is 0. The number of piperazine rings is 1. The van der Waals surface area contributed by atoms with E-state index < -0.39 is 10.0 Å². The topological polar surface area (TPSA) is 108 Å². The lowest BCUT2D eigenvalue weighted by atomic mass is 10.2. The molecule has 2 fully saturated rings. The molecule has 0 spiro atoms. The van der Waals surface area contributed by atoms with E-state index in [-0.39, 0.29) is 23.3 Å². The summed E-state index contributed by atoms with van der Waals surface area (Å²) in [5.41, 5.74) is 1.69. The van der Waals surface area contributed by atoms with E-state index in [2.05, 4.69) is 10.6 Å². The van der Waals surface area contributed by atoms with Gasteiger partial charge in [0.15, 0.2) is 0 Å². The molecule has 2 aromatic rings. The number of nitrogens with zero attached hydrogens (tertiary/aromatic N) is 2. The van der Waals surface area contributed by atoms with E-state index in [1.165, 1.54) is 28.6 Å². The molecule has 0 radical (unpaired) electrons. The third-order valence-corrected chi connectivity index (χ3v) is 7.17. The Morgan fingerprint density at radius 2 is 1.71 bits per heavy atom. The molecule has 2 aliphatic rings. The first-order valence-electron chi connectivity index (χ1n) is 10.0. The second kappa shape index (κ2) is 9.04. The number of carbonyl (C=O) groups is 2. The number of nitrogens with one attached hydrogen (secondary N) is 2. The highest BCUT2D eigenvalue weighted by Gasteiger charge is 2.26. The standard InChI is InChI=1S/C21H24N4O5S/c26-20-15-24(10-9-22-20)19-4-2-1-3-18(19)23-21(27)16-5-7-17(8-6-16)31(28,29)25-11-13-30-14-12-25/h1-8H,9-15H2,(H,22,26)(H,23,27). The summed E-state index contributed by atoms with van der Waals surface area (Å²) in [6, 6.07) is 13.2. The molecule has 0 aromatic heterocycles. The van der Waals surface area contributed by atoms with Crippen LogP contribution in [0.1, 0.15) is 10.4 Å². The monoisotopic (exact) mass is 444 g/mol. The quantitative estimate of drug-likeness (QED) is 0.709. The highest BCUT2D eigenvalue weighted by molar-refractivity contribution is 7.89. The van der Waals surface area contributed by atoms with Gasteiger partial charge in [-0.05, 0) is 36.4 Å². The molecule has 31 heavy (non-hydrogen) atoms. The molecular weight excluding hydrogens is 420 g/mol. The van der Waals surface area contributed by atoms with Crippen LogP contribution in [0.3, 0.4) is 0 Å². The highest BCUT2D eigenvalue weighted by atomic mass is 32.2. The van der Waals surface area contributed by atoms with E-state index >= 15 is 0 Å². The minimum absolute atomic E-state index is 0.0653. The lowest BCUT2D eigenvalue weighted by molar-refractivity contribution is -0.120. The fourth-order valence-corrected chi connectivity index (χ4v) is 5.02. The Bertz CT molecular complexity index is 1070. The zero-order valence-corrected chi connectivity index (χ0v) is 17.7. The average molecular weight is 445 g/mol. The lowest BCUT2D eigenvalue weighted by Gasteiger charge is -2.30. The number of sulfonamides is 1. The zero-order valence-electron chi connectivity index (χ0n) is 16.9. The summed E-state index contributed by atoms with van der Waals surface area (Å²) in [7, 11) is -3.61. The van der Waals surface area contributed by atoms with Gasteiger partial charge in [-0.15, -0.1) is 0 Å². The van der Waals surface area contributed by atoms with Gasteiger partial charge in [-0.3, -0.25) is 9.59 Å². The molecule has 2 heterocycles. The van der Waals surface area contributed by atoms with E-state index in [9.17, 15) is 18.0 Å². The number of hydrogen-bond donors (Lipinski definition) is 2. The number of rotatable bonds is 5. The molecule has 164 valence electrons. The van der Waals surface area contributed by atoms with Crippen molar-refractivity contribution in [2.75, 3.05) is 56.2 Å². The minimum atomic E-state index is -3.61. The summed E-state index contributed by atoms with van der Waals surface area (Å²) in [6.45, 7) is 2.79. The van der Waals surface area contributed by atoms with Crippen LogP contribution in [0.4, 0.5) is 11.4 Å².